The van der Waals surface area contributed by atoms with Gasteiger partial charge in [0.25, 0.3) is 0 Å². The van der Waals surface area contributed by atoms with Crippen LogP contribution in [0.2, 0.25) is 0 Å². The average molecular weight is 326 g/mol. The zero-order chi connectivity index (χ0) is 14.0. The Labute approximate surface area is 118 Å². The molecule has 5 nitrogen and oxygen atoms in total. The van der Waals surface area contributed by atoms with Crippen LogP contribution in [-0.2, 0) is 0 Å². The minimum atomic E-state index is -1.18. The van der Waals surface area contributed by atoms with Gasteiger partial charge in [-0.25, -0.2) is 4.79 Å². The minimum Gasteiger partial charge on any atom is -0.476 e. The van der Waals surface area contributed by atoms with Crippen molar-refractivity contribution in [3.05, 3.63) is 33.9 Å². The Morgan fingerprint density at radius 1 is 1.53 bits per heavy atom. The predicted molar refractivity (Wildman–Crippen MR) is 72.5 cm³/mol. The molecule has 0 radical (unpaired) electrons. The Morgan fingerprint density at radius 2 is 2.26 bits per heavy atom. The fourth-order valence-corrected chi connectivity index (χ4v) is 2.24. The second-order valence-electron chi connectivity index (χ2n) is 3.88. The van der Waals surface area contributed by atoms with Crippen molar-refractivity contribution in [1.82, 2.24) is 4.98 Å². The molecule has 0 aliphatic heterocycles. The predicted octanol–water partition coefficient (Wildman–Crippen LogP) is 3.51. The van der Waals surface area contributed by atoms with Gasteiger partial charge in [-0.3, -0.25) is 0 Å². The van der Waals surface area contributed by atoms with E-state index < -0.39 is 5.97 Å². The largest absolute Gasteiger partial charge is 0.476 e. The van der Waals surface area contributed by atoms with Crippen molar-refractivity contribution in [3.8, 4) is 17.4 Å². The van der Waals surface area contributed by atoms with Crippen LogP contribution in [-0.4, -0.2) is 22.7 Å². The molecule has 0 fully saturated rings. The summed E-state index contributed by atoms with van der Waals surface area (Å²) in [5, 5.41) is 9.05. The van der Waals surface area contributed by atoms with Crippen LogP contribution in [0, 0.1) is 6.92 Å². The van der Waals surface area contributed by atoms with E-state index in [0.29, 0.717) is 12.2 Å². The van der Waals surface area contributed by atoms with Gasteiger partial charge in [0.2, 0.25) is 11.6 Å². The van der Waals surface area contributed by atoms with Crippen LogP contribution in [0.4, 0.5) is 0 Å². The number of aromatic carboxylic acids is 1. The van der Waals surface area contributed by atoms with Gasteiger partial charge in [0.1, 0.15) is 0 Å². The lowest BCUT2D eigenvalue weighted by Crippen LogP contribution is -2.01. The van der Waals surface area contributed by atoms with Crippen molar-refractivity contribution in [3.63, 3.8) is 0 Å². The SMILES string of the molecule is CCOc1oc(-c2ccc(C)cc2Br)nc1C(=O)O. The third kappa shape index (κ3) is 2.78. The number of ether oxygens (including phenoxy) is 1. The molecule has 0 bridgehead atoms. The maximum atomic E-state index is 11.1. The molecule has 0 atom stereocenters. The van der Waals surface area contributed by atoms with E-state index in [4.69, 9.17) is 14.3 Å². The Morgan fingerprint density at radius 3 is 2.84 bits per heavy atom. The summed E-state index contributed by atoms with van der Waals surface area (Å²) in [4.78, 5) is 15.0. The Bertz CT molecular complexity index is 621. The summed E-state index contributed by atoms with van der Waals surface area (Å²) in [6, 6.07) is 5.61. The third-order valence-electron chi connectivity index (χ3n) is 2.43. The van der Waals surface area contributed by atoms with Crippen LogP contribution in [0.15, 0.2) is 27.1 Å². The van der Waals surface area contributed by atoms with Crippen molar-refractivity contribution in [2.24, 2.45) is 0 Å². The van der Waals surface area contributed by atoms with E-state index in [0.717, 1.165) is 10.0 Å². The van der Waals surface area contributed by atoms with Gasteiger partial charge in [-0.1, -0.05) is 6.07 Å². The lowest BCUT2D eigenvalue weighted by Gasteiger charge is -2.01. The highest BCUT2D eigenvalue weighted by molar-refractivity contribution is 9.10. The second kappa shape index (κ2) is 5.44. The molecule has 0 amide bonds. The van der Waals surface area contributed by atoms with Crippen LogP contribution in [0.3, 0.4) is 0 Å². The van der Waals surface area contributed by atoms with Gasteiger partial charge in [0.05, 0.1) is 12.2 Å². The molecule has 19 heavy (non-hydrogen) atoms. The number of oxazole rings is 1. The number of carboxylic acids is 1. The summed E-state index contributed by atoms with van der Waals surface area (Å²) in [6.45, 7) is 4.01. The summed E-state index contributed by atoms with van der Waals surface area (Å²) in [5.74, 6) is -1.04. The van der Waals surface area contributed by atoms with E-state index in [9.17, 15) is 4.79 Å². The summed E-state index contributed by atoms with van der Waals surface area (Å²) >= 11 is 3.41. The maximum Gasteiger partial charge on any atom is 0.362 e. The Hall–Kier alpha value is -1.82. The molecule has 1 heterocycles. The minimum absolute atomic E-state index is 0.0718. The van der Waals surface area contributed by atoms with Gasteiger partial charge in [-0.05, 0) is 47.5 Å². The van der Waals surface area contributed by atoms with E-state index in [2.05, 4.69) is 20.9 Å². The molecule has 0 aliphatic carbocycles. The van der Waals surface area contributed by atoms with Crippen molar-refractivity contribution in [2.75, 3.05) is 6.61 Å². The molecule has 2 rings (SSSR count). The Kier molecular flexibility index (Phi) is 3.90. The number of benzene rings is 1. The molecule has 1 N–H and O–H groups in total. The van der Waals surface area contributed by atoms with Crippen LogP contribution >= 0.6 is 15.9 Å². The second-order valence-corrected chi connectivity index (χ2v) is 4.73. The van der Waals surface area contributed by atoms with Crippen molar-refractivity contribution in [1.29, 1.82) is 0 Å². The van der Waals surface area contributed by atoms with Crippen LogP contribution in [0.5, 0.6) is 5.95 Å². The van der Waals surface area contributed by atoms with Gasteiger partial charge in [0.15, 0.2) is 0 Å². The number of carboxylic acid groups (broad SMARTS) is 1. The number of hydrogen-bond donors (Lipinski definition) is 1. The first kappa shape index (κ1) is 13.6. The maximum absolute atomic E-state index is 11.1. The summed E-state index contributed by atoms with van der Waals surface area (Å²) < 4.78 is 11.3. The van der Waals surface area contributed by atoms with E-state index in [1.165, 1.54) is 0 Å². The standard InChI is InChI=1S/C13H12BrNO4/c1-3-18-13-10(12(16)17)15-11(19-13)8-5-4-7(2)6-9(8)14/h4-6H,3H2,1-2H3,(H,16,17). The molecule has 1 aromatic carbocycles. The van der Waals surface area contributed by atoms with E-state index in [1.807, 2.05) is 25.1 Å². The summed E-state index contributed by atoms with van der Waals surface area (Å²) in [7, 11) is 0. The van der Waals surface area contributed by atoms with E-state index in [1.54, 1.807) is 6.92 Å². The average Bonchev–Trinajstić information content (AvgIpc) is 2.73. The fraction of sp³-hybridized carbons (Fsp3) is 0.231. The van der Waals surface area contributed by atoms with Gasteiger partial charge in [-0.2, -0.15) is 4.98 Å². The first-order valence-corrected chi connectivity index (χ1v) is 6.45. The zero-order valence-electron chi connectivity index (χ0n) is 10.4. The zero-order valence-corrected chi connectivity index (χ0v) is 12.0. The normalized spacial score (nSPS) is 10.5. The monoisotopic (exact) mass is 325 g/mol. The van der Waals surface area contributed by atoms with E-state index in [-0.39, 0.29) is 17.5 Å². The lowest BCUT2D eigenvalue weighted by molar-refractivity contribution is 0.0683. The fourth-order valence-electron chi connectivity index (χ4n) is 1.58. The molecular weight excluding hydrogens is 314 g/mol. The molecule has 0 saturated heterocycles. The lowest BCUT2D eigenvalue weighted by atomic mass is 10.1. The number of hydrogen-bond acceptors (Lipinski definition) is 4. The topological polar surface area (TPSA) is 72.6 Å². The van der Waals surface area contributed by atoms with Crippen molar-refractivity contribution in [2.45, 2.75) is 13.8 Å². The summed E-state index contributed by atoms with van der Waals surface area (Å²) in [6.07, 6.45) is 0. The molecule has 0 spiro atoms. The number of nitrogens with zero attached hydrogens (tertiary/aromatic N) is 1. The molecule has 0 aliphatic rings. The number of rotatable bonds is 4. The van der Waals surface area contributed by atoms with Crippen molar-refractivity contribution >= 4 is 21.9 Å². The third-order valence-corrected chi connectivity index (χ3v) is 3.09. The highest BCUT2D eigenvalue weighted by Crippen LogP contribution is 2.32. The van der Waals surface area contributed by atoms with Gasteiger partial charge >= 0.3 is 11.9 Å². The molecule has 6 heteroatoms. The Balaban J connectivity index is 2.50. The molecule has 0 unspecified atom stereocenters. The molecule has 0 saturated carbocycles. The van der Waals surface area contributed by atoms with Gasteiger partial charge in [0, 0.05) is 4.47 Å². The molecule has 100 valence electrons. The van der Waals surface area contributed by atoms with Crippen LogP contribution in [0.25, 0.3) is 11.5 Å². The first-order chi connectivity index (χ1) is 9.02. The van der Waals surface area contributed by atoms with Gasteiger partial charge < -0.3 is 14.3 Å². The quantitative estimate of drug-likeness (QED) is 0.931. The van der Waals surface area contributed by atoms with E-state index >= 15 is 0 Å². The molecule has 2 aromatic rings. The molecular formula is C13H12BrNO4. The number of carbonyl (C=O) groups is 1. The highest BCUT2D eigenvalue weighted by atomic mass is 79.9. The smallest absolute Gasteiger partial charge is 0.362 e. The number of halogens is 1. The molecule has 1 aromatic heterocycles. The van der Waals surface area contributed by atoms with Gasteiger partial charge in [-0.15, -0.1) is 0 Å². The number of aromatic nitrogens is 1. The van der Waals surface area contributed by atoms with Crippen molar-refractivity contribution < 1.29 is 19.1 Å². The number of aryl methyl sites for hydroxylation is 1. The summed E-state index contributed by atoms with van der Waals surface area (Å²) in [5.41, 5.74) is 1.54. The van der Waals surface area contributed by atoms with Crippen LogP contribution in [0.1, 0.15) is 23.0 Å². The first-order valence-electron chi connectivity index (χ1n) is 5.66. The van der Waals surface area contributed by atoms with Crippen LogP contribution < -0.4 is 4.74 Å². The highest BCUT2D eigenvalue weighted by Gasteiger charge is 2.22.